The second-order valence-corrected chi connectivity index (χ2v) is 13.3. The van der Waals surface area contributed by atoms with Crippen LogP contribution in [0.15, 0.2) is 46.8 Å². The molecule has 1 N–H and O–H groups in total. The third-order valence-electron chi connectivity index (χ3n) is 7.11. The number of methoxy groups -OCH3 is 2. The molecule has 1 aliphatic rings. The minimum Gasteiger partial charge on any atom is -0.497 e. The summed E-state index contributed by atoms with van der Waals surface area (Å²) in [6, 6.07) is 6.82. The number of nitrogens with one attached hydrogen (secondary N) is 1. The van der Waals surface area contributed by atoms with Gasteiger partial charge in [-0.05, 0) is 64.5 Å². The fourth-order valence-corrected chi connectivity index (χ4v) is 7.55. The molecule has 1 heterocycles. The van der Waals surface area contributed by atoms with Crippen molar-refractivity contribution >= 4 is 43.8 Å². The smallest absolute Gasteiger partial charge is 0.269 e. The number of hydrogen-bond acceptors (Lipinski definition) is 8. The summed E-state index contributed by atoms with van der Waals surface area (Å²) in [6.07, 6.45) is 2.63. The van der Waals surface area contributed by atoms with E-state index in [0.717, 1.165) is 27.8 Å². The molecule has 0 spiro atoms. The number of thiazole rings is 1. The highest BCUT2D eigenvalue weighted by Crippen LogP contribution is 2.38. The van der Waals surface area contributed by atoms with Crippen LogP contribution in [0.4, 0.5) is 19.6 Å². The van der Waals surface area contributed by atoms with Crippen LogP contribution in [-0.4, -0.2) is 64.4 Å². The van der Waals surface area contributed by atoms with Crippen LogP contribution < -0.4 is 19.1 Å². The summed E-state index contributed by atoms with van der Waals surface area (Å²) in [5.41, 5.74) is -0.528. The molecule has 1 aromatic heterocycles. The van der Waals surface area contributed by atoms with Gasteiger partial charge in [0.25, 0.3) is 10.0 Å². The Morgan fingerprint density at radius 3 is 2.60 bits per heavy atom. The monoisotopic (exact) mass is 614 g/mol. The molecule has 13 heteroatoms. The Bertz CT molecular complexity index is 1440. The second kappa shape index (κ2) is 12.1. The molecule has 0 radical (unpaired) electrons. The third-order valence-corrected chi connectivity index (χ3v) is 10.1. The maximum Gasteiger partial charge on any atom is 0.269 e. The van der Waals surface area contributed by atoms with Gasteiger partial charge in [-0.15, -0.1) is 11.3 Å². The van der Waals surface area contributed by atoms with Gasteiger partial charge in [-0.1, -0.05) is 11.6 Å². The summed E-state index contributed by atoms with van der Waals surface area (Å²) in [7, 11) is 2.25. The Morgan fingerprint density at radius 2 is 1.98 bits per heavy atom. The fourth-order valence-electron chi connectivity index (χ4n) is 4.93. The lowest BCUT2D eigenvalue weighted by Crippen LogP contribution is -2.51. The van der Waals surface area contributed by atoms with Crippen LogP contribution in [0.2, 0.25) is 5.02 Å². The summed E-state index contributed by atoms with van der Waals surface area (Å²) in [5, 5.41) is 5.05. The molecule has 3 aromatic rings. The minimum absolute atomic E-state index is 0.0344. The van der Waals surface area contributed by atoms with Crippen LogP contribution in [0.3, 0.4) is 0 Å². The number of aromatic nitrogens is 1. The number of alkyl halides is 1. The van der Waals surface area contributed by atoms with Crippen LogP contribution in [0.5, 0.6) is 11.5 Å². The summed E-state index contributed by atoms with van der Waals surface area (Å²) < 4.78 is 69.8. The van der Waals surface area contributed by atoms with E-state index in [0.29, 0.717) is 36.3 Å². The summed E-state index contributed by atoms with van der Waals surface area (Å²) >= 11 is 7.63. The fraction of sp³-hybridized carbons (Fsp3) is 0.444. The topological polar surface area (TPSA) is 84.0 Å². The van der Waals surface area contributed by atoms with Crippen molar-refractivity contribution in [3.8, 4) is 11.5 Å². The Labute approximate surface area is 242 Å². The first kappa shape index (κ1) is 30.3. The maximum atomic E-state index is 15.6. The zero-order chi connectivity index (χ0) is 29.2. The molecule has 0 amide bonds. The number of ether oxygens (including phenoxy) is 2. The van der Waals surface area contributed by atoms with E-state index in [1.54, 1.807) is 30.5 Å². The maximum absolute atomic E-state index is 15.6. The number of sulfonamides is 1. The first-order valence-electron chi connectivity index (χ1n) is 12.6. The van der Waals surface area contributed by atoms with Crippen LogP contribution in [-0.2, 0) is 16.6 Å². The summed E-state index contributed by atoms with van der Waals surface area (Å²) in [4.78, 5) is 5.51. The largest absolute Gasteiger partial charge is 0.497 e. The average molecular weight is 615 g/mol. The predicted molar refractivity (Wildman–Crippen MR) is 155 cm³/mol. The van der Waals surface area contributed by atoms with E-state index in [2.05, 4.69) is 10.3 Å². The third kappa shape index (κ3) is 6.45. The van der Waals surface area contributed by atoms with Crippen molar-refractivity contribution in [1.82, 2.24) is 9.88 Å². The highest BCUT2D eigenvalue weighted by Gasteiger charge is 2.39. The molecule has 0 saturated heterocycles. The lowest BCUT2D eigenvalue weighted by molar-refractivity contribution is 0.0655. The number of halogens is 3. The second-order valence-electron chi connectivity index (χ2n) is 10.2. The van der Waals surface area contributed by atoms with Crippen molar-refractivity contribution in [2.75, 3.05) is 37.9 Å². The average Bonchev–Trinajstić information content (AvgIpc) is 3.44. The van der Waals surface area contributed by atoms with Gasteiger partial charge in [0.05, 0.1) is 31.5 Å². The zero-order valence-corrected chi connectivity index (χ0v) is 25.3. The molecule has 1 aliphatic carbocycles. The predicted octanol–water partition coefficient (Wildman–Crippen LogP) is 5.97. The molecule has 8 nitrogen and oxygen atoms in total. The molecule has 1 saturated carbocycles. The van der Waals surface area contributed by atoms with E-state index >= 15 is 4.39 Å². The summed E-state index contributed by atoms with van der Waals surface area (Å²) in [6.45, 7) is 1.41. The van der Waals surface area contributed by atoms with E-state index in [1.165, 1.54) is 20.4 Å². The van der Waals surface area contributed by atoms with Gasteiger partial charge >= 0.3 is 0 Å². The van der Waals surface area contributed by atoms with E-state index in [-0.39, 0.29) is 34.5 Å². The first-order valence-corrected chi connectivity index (χ1v) is 15.3. The zero-order valence-electron chi connectivity index (χ0n) is 22.9. The minimum atomic E-state index is -4.46. The van der Waals surface area contributed by atoms with Crippen LogP contribution in [0, 0.1) is 5.82 Å². The van der Waals surface area contributed by atoms with Gasteiger partial charge in [-0.25, -0.2) is 26.5 Å². The molecule has 1 unspecified atom stereocenters. The molecule has 4 rings (SSSR count). The number of likely N-dealkylation sites (N-methyl/N-ethyl adjacent to an activating group) is 1. The molecule has 0 aliphatic heterocycles. The Morgan fingerprint density at radius 1 is 1.23 bits per heavy atom. The van der Waals surface area contributed by atoms with Crippen molar-refractivity contribution in [3.63, 3.8) is 0 Å². The summed E-state index contributed by atoms with van der Waals surface area (Å²) in [5.74, 6) is -0.0278. The normalized spacial score (nSPS) is 21.3. The van der Waals surface area contributed by atoms with Gasteiger partial charge in [0.1, 0.15) is 27.9 Å². The molecule has 2 aromatic carbocycles. The van der Waals surface area contributed by atoms with Crippen molar-refractivity contribution < 1.29 is 26.7 Å². The van der Waals surface area contributed by atoms with Crippen molar-refractivity contribution in [1.29, 1.82) is 0 Å². The van der Waals surface area contributed by atoms with E-state index < -0.39 is 26.4 Å². The SMILES string of the molecule is COc1ccc(CN(c2nccs2)S(=O)(=O)c2cc(Cl)c(N[C@H]3CCC(C)(F)C[C@@H]3N(C)C)cc2F)c(OC)c1. The van der Waals surface area contributed by atoms with Gasteiger partial charge in [0, 0.05) is 35.3 Å². The van der Waals surface area contributed by atoms with Gasteiger partial charge in [0.15, 0.2) is 5.13 Å². The number of hydrogen-bond donors (Lipinski definition) is 1. The Balaban J connectivity index is 1.68. The van der Waals surface area contributed by atoms with Crippen LogP contribution >= 0.6 is 22.9 Å². The molecule has 3 atom stereocenters. The molecule has 40 heavy (non-hydrogen) atoms. The van der Waals surface area contributed by atoms with E-state index in [9.17, 15) is 12.8 Å². The Hall–Kier alpha value is -2.67. The Kier molecular flexibility index (Phi) is 9.13. The highest BCUT2D eigenvalue weighted by molar-refractivity contribution is 7.93. The van der Waals surface area contributed by atoms with Gasteiger partial charge < -0.3 is 19.7 Å². The van der Waals surface area contributed by atoms with Crippen molar-refractivity contribution in [3.05, 3.63) is 58.3 Å². The number of nitrogens with zero attached hydrogens (tertiary/aromatic N) is 3. The standard InChI is InChI=1S/C27H33ClF2N4O4S2/c1-27(30)9-8-21(23(15-27)33(2)3)32-22-14-20(29)25(13-19(22)28)40(35,36)34(26-31-10-11-39-26)16-17-6-7-18(37-4)12-24(17)38-5/h6-7,10-14,21,23,32H,8-9,15-16H2,1-5H3/t21-,23-,27?/m0/s1. The van der Waals surface area contributed by atoms with E-state index in [4.69, 9.17) is 21.1 Å². The van der Waals surface area contributed by atoms with Crippen molar-refractivity contribution in [2.24, 2.45) is 0 Å². The van der Waals surface area contributed by atoms with Gasteiger partial charge in [0.2, 0.25) is 0 Å². The molecule has 1 fully saturated rings. The van der Waals surface area contributed by atoms with Crippen LogP contribution in [0.1, 0.15) is 31.7 Å². The quantitative estimate of drug-likeness (QED) is 0.301. The van der Waals surface area contributed by atoms with E-state index in [1.807, 2.05) is 19.0 Å². The number of benzene rings is 2. The molecular weight excluding hydrogens is 582 g/mol. The molecule has 0 bridgehead atoms. The number of rotatable bonds is 10. The molecule has 218 valence electrons. The van der Waals surface area contributed by atoms with Crippen LogP contribution in [0.25, 0.3) is 0 Å². The lowest BCUT2D eigenvalue weighted by atomic mass is 9.80. The lowest BCUT2D eigenvalue weighted by Gasteiger charge is -2.42. The van der Waals surface area contributed by atoms with Crippen molar-refractivity contribution in [2.45, 2.75) is 55.4 Å². The van der Waals surface area contributed by atoms with Gasteiger partial charge in [-0.3, -0.25) is 0 Å². The number of anilines is 2. The highest BCUT2D eigenvalue weighted by atomic mass is 35.5. The van der Waals surface area contributed by atoms with Gasteiger partial charge in [-0.2, -0.15) is 0 Å². The molecular formula is C27H33ClF2N4O4S2. The first-order chi connectivity index (χ1) is 18.9.